The van der Waals surface area contributed by atoms with Gasteiger partial charge in [0.15, 0.2) is 11.6 Å². The van der Waals surface area contributed by atoms with Gasteiger partial charge in [0.1, 0.15) is 16.8 Å². The molecule has 0 amide bonds. The van der Waals surface area contributed by atoms with E-state index in [9.17, 15) is 20.4 Å². The molecule has 2 fully saturated rings. The summed E-state index contributed by atoms with van der Waals surface area (Å²) in [5.41, 5.74) is 18.3. The maximum Gasteiger partial charge on any atom is 0.219 e. The molecule has 0 spiro atoms. The van der Waals surface area contributed by atoms with Crippen LogP contribution in [0, 0.1) is 5.82 Å². The summed E-state index contributed by atoms with van der Waals surface area (Å²) in [5.74, 6) is -0.897. The number of aliphatic hydroxyl groups is 4. The maximum absolute atomic E-state index is 15.2. The minimum atomic E-state index is -1.50. The first-order chi connectivity index (χ1) is 23.7. The fraction of sp³-hybridized carbons (Fsp3) is 0.432. The zero-order valence-electron chi connectivity index (χ0n) is 28.6. The number of nitrogen functional groups attached to an aromatic ring is 3. The molecule has 2 aliphatic carbocycles. The smallest absolute Gasteiger partial charge is 0.219 e. The molecule has 2 saturated carbocycles. The molecule has 266 valence electrons. The molecule has 11 N–H and O–H groups in total. The van der Waals surface area contributed by atoms with Crippen molar-refractivity contribution in [1.29, 1.82) is 0 Å². The highest BCUT2D eigenvalue weighted by Crippen LogP contribution is 2.49. The van der Waals surface area contributed by atoms with Gasteiger partial charge in [0.25, 0.3) is 0 Å². The molecule has 0 radical (unpaired) electrons. The molecule has 2 aliphatic rings. The number of hydrogen-bond donors (Lipinski definition) is 8. The van der Waals surface area contributed by atoms with Crippen LogP contribution in [-0.2, 0) is 22.4 Å². The molecule has 0 bridgehead atoms. The third-order valence-corrected chi connectivity index (χ3v) is 10.2. The monoisotopic (exact) mass is 687 g/mol. The van der Waals surface area contributed by atoms with Gasteiger partial charge in [0.2, 0.25) is 5.88 Å². The zero-order chi connectivity index (χ0) is 36.1. The molecule has 12 nitrogen and oxygen atoms in total. The number of anilines is 4. The van der Waals surface area contributed by atoms with Crippen molar-refractivity contribution < 1.29 is 29.6 Å². The first-order valence-electron chi connectivity index (χ1n) is 17.1. The van der Waals surface area contributed by atoms with Crippen LogP contribution in [0.5, 0.6) is 11.6 Å². The van der Waals surface area contributed by atoms with Gasteiger partial charge >= 0.3 is 0 Å². The lowest BCUT2D eigenvalue weighted by Gasteiger charge is -2.29. The average molecular weight is 688 g/mol. The Morgan fingerprint density at radius 2 is 1.40 bits per heavy atom. The molecule has 6 rings (SSSR count). The quantitative estimate of drug-likeness (QED) is 0.0794. The molecule has 50 heavy (non-hydrogen) atoms. The highest BCUT2D eigenvalue weighted by molar-refractivity contribution is 5.72. The van der Waals surface area contributed by atoms with Crippen LogP contribution in [0.4, 0.5) is 27.1 Å². The second kappa shape index (κ2) is 13.0. The standard InChI is InChI=1S/C37H46FN7O5/c1-4-34(46,5-2)23-17-24(38)29(18-26(23)40)50-30-8-7-25(39)32(45-30)35(47,6-3)13-14-42-28-16-22(20-44-33(28)37(49)11-12-37)21-15-27(41)31(43-19-21)36(48)9-10-36/h7-8,15-20,42,46-49H,4-6,9-14,39-41H2,1-3H3. The number of nitrogens with one attached hydrogen (secondary N) is 1. The van der Waals surface area contributed by atoms with Crippen LogP contribution >= 0.6 is 0 Å². The molecule has 0 saturated heterocycles. The summed E-state index contributed by atoms with van der Waals surface area (Å²) in [4.78, 5) is 13.5. The van der Waals surface area contributed by atoms with Crippen molar-refractivity contribution in [3.8, 4) is 22.8 Å². The summed E-state index contributed by atoms with van der Waals surface area (Å²) in [6, 6.07) is 9.13. The zero-order valence-corrected chi connectivity index (χ0v) is 28.6. The van der Waals surface area contributed by atoms with Gasteiger partial charge in [-0.05, 0) is 75.6 Å². The molecule has 1 unspecified atom stereocenters. The Hall–Kier alpha value is -4.56. The molecular weight excluding hydrogens is 641 g/mol. The van der Waals surface area contributed by atoms with E-state index in [0.29, 0.717) is 72.4 Å². The fourth-order valence-corrected chi connectivity index (χ4v) is 6.41. The number of halogens is 1. The Labute approximate surface area is 290 Å². The molecule has 3 heterocycles. The normalized spacial score (nSPS) is 17.2. The number of rotatable bonds is 14. The Morgan fingerprint density at radius 3 is 2.00 bits per heavy atom. The second-order valence-electron chi connectivity index (χ2n) is 13.7. The predicted octanol–water partition coefficient (Wildman–Crippen LogP) is 5.29. The van der Waals surface area contributed by atoms with Crippen LogP contribution in [0.3, 0.4) is 0 Å². The lowest BCUT2D eigenvalue weighted by molar-refractivity contribution is 0.0229. The van der Waals surface area contributed by atoms with Crippen molar-refractivity contribution >= 4 is 22.7 Å². The SMILES string of the molecule is CCC(O)(CC)c1cc(F)c(Oc2ccc(N)c(C(O)(CC)CCNc3cc(-c4cnc(C5(O)CC5)c(N)c4)cnc3C3(O)CC3)n2)cc1N. The number of aromatic nitrogens is 3. The summed E-state index contributed by atoms with van der Waals surface area (Å²) < 4.78 is 21.0. The summed E-state index contributed by atoms with van der Waals surface area (Å²) in [7, 11) is 0. The van der Waals surface area contributed by atoms with Crippen molar-refractivity contribution in [2.24, 2.45) is 0 Å². The molecule has 4 aromatic rings. The molecule has 1 aromatic carbocycles. The van der Waals surface area contributed by atoms with Gasteiger partial charge in [0.05, 0.1) is 39.7 Å². The van der Waals surface area contributed by atoms with Gasteiger partial charge in [-0.2, -0.15) is 0 Å². The van der Waals surface area contributed by atoms with Crippen LogP contribution in [0.2, 0.25) is 0 Å². The van der Waals surface area contributed by atoms with Gasteiger partial charge in [-0.25, -0.2) is 9.37 Å². The van der Waals surface area contributed by atoms with E-state index in [0.717, 1.165) is 0 Å². The predicted molar refractivity (Wildman–Crippen MR) is 189 cm³/mol. The van der Waals surface area contributed by atoms with Crippen LogP contribution in [0.1, 0.15) is 94.8 Å². The van der Waals surface area contributed by atoms with E-state index >= 15 is 4.39 Å². The van der Waals surface area contributed by atoms with Crippen LogP contribution in [0.15, 0.2) is 48.8 Å². The van der Waals surface area contributed by atoms with Crippen LogP contribution in [0.25, 0.3) is 11.1 Å². The molecule has 0 aliphatic heterocycles. The molecule has 1 atom stereocenters. The van der Waals surface area contributed by atoms with E-state index < -0.39 is 28.2 Å². The lowest BCUT2D eigenvalue weighted by Crippen LogP contribution is -2.30. The Kier molecular flexibility index (Phi) is 9.14. The molecular formula is C37H46FN7O5. The number of pyridine rings is 3. The fourth-order valence-electron chi connectivity index (χ4n) is 6.41. The van der Waals surface area contributed by atoms with Gasteiger partial charge in [-0.1, -0.05) is 20.8 Å². The first kappa shape index (κ1) is 35.3. The minimum absolute atomic E-state index is 0.00387. The second-order valence-corrected chi connectivity index (χ2v) is 13.7. The largest absolute Gasteiger partial charge is 0.436 e. The van der Waals surface area contributed by atoms with Gasteiger partial charge in [-0.3, -0.25) is 9.97 Å². The van der Waals surface area contributed by atoms with E-state index in [4.69, 9.17) is 21.9 Å². The van der Waals surface area contributed by atoms with Crippen LogP contribution < -0.4 is 27.3 Å². The van der Waals surface area contributed by atoms with Crippen molar-refractivity contribution in [2.45, 2.75) is 94.5 Å². The van der Waals surface area contributed by atoms with Crippen molar-refractivity contribution in [1.82, 2.24) is 15.0 Å². The topological polar surface area (TPSA) is 219 Å². The van der Waals surface area contributed by atoms with Crippen LogP contribution in [-0.4, -0.2) is 41.9 Å². The number of ether oxygens (including phenoxy) is 1. The van der Waals surface area contributed by atoms with Crippen molar-refractivity contribution in [2.75, 3.05) is 29.1 Å². The van der Waals surface area contributed by atoms with E-state index in [1.165, 1.54) is 24.3 Å². The number of hydrogen-bond acceptors (Lipinski definition) is 12. The number of nitrogens with two attached hydrogens (primary N) is 3. The van der Waals surface area contributed by atoms with Gasteiger partial charge < -0.3 is 47.7 Å². The highest BCUT2D eigenvalue weighted by Gasteiger charge is 2.46. The summed E-state index contributed by atoms with van der Waals surface area (Å²) in [6.07, 6.45) is 6.85. The minimum Gasteiger partial charge on any atom is -0.436 e. The summed E-state index contributed by atoms with van der Waals surface area (Å²) in [5, 5.41) is 47.6. The van der Waals surface area contributed by atoms with E-state index in [1.807, 2.05) is 6.07 Å². The van der Waals surface area contributed by atoms with Gasteiger partial charge in [0, 0.05) is 53.4 Å². The number of benzene rings is 1. The average Bonchev–Trinajstić information content (AvgIpc) is 4.04. The van der Waals surface area contributed by atoms with E-state index in [2.05, 4.69) is 20.3 Å². The third-order valence-electron chi connectivity index (χ3n) is 10.2. The first-order valence-corrected chi connectivity index (χ1v) is 17.1. The Balaban J connectivity index is 1.22. The molecule has 13 heteroatoms. The maximum atomic E-state index is 15.2. The third kappa shape index (κ3) is 6.65. The van der Waals surface area contributed by atoms with E-state index in [1.54, 1.807) is 39.2 Å². The Morgan fingerprint density at radius 1 is 0.800 bits per heavy atom. The molecule has 3 aromatic heterocycles. The highest BCUT2D eigenvalue weighted by atomic mass is 19.1. The van der Waals surface area contributed by atoms with Crippen molar-refractivity contribution in [3.05, 3.63) is 77.3 Å². The summed E-state index contributed by atoms with van der Waals surface area (Å²) in [6.45, 7) is 5.65. The van der Waals surface area contributed by atoms with Crippen molar-refractivity contribution in [3.63, 3.8) is 0 Å². The van der Waals surface area contributed by atoms with Gasteiger partial charge in [-0.15, -0.1) is 0 Å². The van der Waals surface area contributed by atoms with E-state index in [-0.39, 0.29) is 53.6 Å². The number of nitrogens with zero attached hydrogens (tertiary/aromatic N) is 3. The lowest BCUT2D eigenvalue weighted by atomic mass is 9.87. The Bertz CT molecular complexity index is 1910. The summed E-state index contributed by atoms with van der Waals surface area (Å²) >= 11 is 0.